The lowest BCUT2D eigenvalue weighted by atomic mass is 10.1. The molecule has 31 heavy (non-hydrogen) atoms. The van der Waals surface area contributed by atoms with Gasteiger partial charge in [0.1, 0.15) is 5.75 Å². The molecule has 5 nitrogen and oxygen atoms in total. The van der Waals surface area contributed by atoms with Gasteiger partial charge in [-0.3, -0.25) is 4.90 Å². The fourth-order valence-corrected chi connectivity index (χ4v) is 4.48. The Labute approximate surface area is 187 Å². The van der Waals surface area contributed by atoms with E-state index in [4.69, 9.17) is 21.3 Å². The Kier molecular flexibility index (Phi) is 5.38. The maximum atomic E-state index is 6.01. The van der Waals surface area contributed by atoms with Crippen LogP contribution in [0.1, 0.15) is 23.7 Å². The fourth-order valence-electron chi connectivity index (χ4n) is 4.35. The Morgan fingerprint density at radius 3 is 2.74 bits per heavy atom. The highest BCUT2D eigenvalue weighted by atomic mass is 35.5. The normalized spacial score (nSPS) is 14.0. The summed E-state index contributed by atoms with van der Waals surface area (Å²) in [5.41, 5.74) is 5.94. The molecule has 0 unspecified atom stereocenters. The molecule has 3 heterocycles. The van der Waals surface area contributed by atoms with Crippen molar-refractivity contribution in [2.75, 3.05) is 13.7 Å². The first-order valence-corrected chi connectivity index (χ1v) is 11.0. The van der Waals surface area contributed by atoms with Crippen molar-refractivity contribution in [3.8, 4) is 17.1 Å². The zero-order chi connectivity index (χ0) is 21.4. The summed E-state index contributed by atoms with van der Waals surface area (Å²) in [5, 5.41) is 1.99. The standard InChI is InChI=1S/C25H25ClN4O/c1-3-30-16-19(22-12-21(31-2)8-9-24(22)30)15-29-11-10-23-18(14-29)13-27-25(28-23)17-4-6-20(26)7-5-17/h4-9,12-13,16H,3,10-11,14-15H2,1-2H3. The number of halogens is 1. The largest absolute Gasteiger partial charge is 0.497 e. The third-order valence-electron chi connectivity index (χ3n) is 6.02. The van der Waals surface area contributed by atoms with Gasteiger partial charge in [0.05, 0.1) is 12.8 Å². The summed E-state index contributed by atoms with van der Waals surface area (Å²) in [7, 11) is 1.72. The lowest BCUT2D eigenvalue weighted by molar-refractivity contribution is 0.243. The van der Waals surface area contributed by atoms with Crippen LogP contribution in [0.25, 0.3) is 22.3 Å². The van der Waals surface area contributed by atoms with E-state index >= 15 is 0 Å². The van der Waals surface area contributed by atoms with Gasteiger partial charge in [-0.2, -0.15) is 0 Å². The van der Waals surface area contributed by atoms with Crippen LogP contribution in [0, 0.1) is 0 Å². The van der Waals surface area contributed by atoms with Crippen LogP contribution in [0.2, 0.25) is 5.02 Å². The summed E-state index contributed by atoms with van der Waals surface area (Å²) >= 11 is 6.01. The van der Waals surface area contributed by atoms with Crippen LogP contribution in [0.5, 0.6) is 5.75 Å². The molecule has 0 saturated carbocycles. The first-order valence-electron chi connectivity index (χ1n) is 10.6. The van der Waals surface area contributed by atoms with Crippen molar-refractivity contribution < 1.29 is 4.74 Å². The molecular weight excluding hydrogens is 408 g/mol. The molecular formula is C25H25ClN4O. The summed E-state index contributed by atoms with van der Waals surface area (Å²) < 4.78 is 7.77. The molecule has 0 spiro atoms. The van der Waals surface area contributed by atoms with E-state index in [9.17, 15) is 0 Å². The average molecular weight is 433 g/mol. The highest BCUT2D eigenvalue weighted by Gasteiger charge is 2.20. The predicted octanol–water partition coefficient (Wildman–Crippen LogP) is 5.34. The molecule has 1 aliphatic heterocycles. The van der Waals surface area contributed by atoms with Crippen molar-refractivity contribution in [1.29, 1.82) is 0 Å². The summed E-state index contributed by atoms with van der Waals surface area (Å²) in [6, 6.07) is 14.0. The molecule has 0 bridgehead atoms. The van der Waals surface area contributed by atoms with Crippen molar-refractivity contribution in [2.24, 2.45) is 0 Å². The van der Waals surface area contributed by atoms with E-state index < -0.39 is 0 Å². The topological polar surface area (TPSA) is 43.2 Å². The molecule has 1 aliphatic rings. The van der Waals surface area contributed by atoms with E-state index in [-0.39, 0.29) is 0 Å². The second-order valence-electron chi connectivity index (χ2n) is 7.96. The van der Waals surface area contributed by atoms with Gasteiger partial charge in [0.25, 0.3) is 0 Å². The lowest BCUT2D eigenvalue weighted by Crippen LogP contribution is -2.30. The monoisotopic (exact) mass is 432 g/mol. The zero-order valence-corrected chi connectivity index (χ0v) is 18.6. The van der Waals surface area contributed by atoms with Gasteiger partial charge in [-0.25, -0.2) is 9.97 Å². The van der Waals surface area contributed by atoms with Gasteiger partial charge in [0.2, 0.25) is 0 Å². The maximum absolute atomic E-state index is 6.01. The third-order valence-corrected chi connectivity index (χ3v) is 6.27. The van der Waals surface area contributed by atoms with Crippen LogP contribution in [0.15, 0.2) is 54.9 Å². The molecule has 0 amide bonds. The number of methoxy groups -OCH3 is 1. The van der Waals surface area contributed by atoms with Crippen LogP contribution in [0.4, 0.5) is 0 Å². The average Bonchev–Trinajstić information content (AvgIpc) is 3.16. The number of aryl methyl sites for hydroxylation is 1. The van der Waals surface area contributed by atoms with Crippen molar-refractivity contribution in [3.05, 3.63) is 76.7 Å². The summed E-state index contributed by atoms with van der Waals surface area (Å²) in [6.07, 6.45) is 5.19. The molecule has 2 aromatic carbocycles. The number of hydrogen-bond donors (Lipinski definition) is 0. The van der Waals surface area contributed by atoms with Gasteiger partial charge in [-0.05, 0) is 55.0 Å². The maximum Gasteiger partial charge on any atom is 0.159 e. The first kappa shape index (κ1) is 20.0. The predicted molar refractivity (Wildman–Crippen MR) is 124 cm³/mol. The Hall–Kier alpha value is -2.89. The number of nitrogens with zero attached hydrogens (tertiary/aromatic N) is 4. The molecule has 0 saturated heterocycles. The highest BCUT2D eigenvalue weighted by molar-refractivity contribution is 6.30. The number of ether oxygens (including phenoxy) is 1. The Balaban J connectivity index is 1.38. The third kappa shape index (κ3) is 3.91. The van der Waals surface area contributed by atoms with E-state index in [1.807, 2.05) is 36.5 Å². The van der Waals surface area contributed by atoms with Gasteiger partial charge in [0, 0.05) is 72.0 Å². The van der Waals surface area contributed by atoms with Crippen molar-refractivity contribution in [1.82, 2.24) is 19.4 Å². The van der Waals surface area contributed by atoms with Gasteiger partial charge >= 0.3 is 0 Å². The van der Waals surface area contributed by atoms with Crippen molar-refractivity contribution in [3.63, 3.8) is 0 Å². The van der Waals surface area contributed by atoms with E-state index in [0.717, 1.165) is 60.5 Å². The summed E-state index contributed by atoms with van der Waals surface area (Å²) in [5.74, 6) is 1.66. The minimum atomic E-state index is 0.722. The SMILES string of the molecule is CCn1cc(CN2CCc3nc(-c4ccc(Cl)cc4)ncc3C2)c2cc(OC)ccc21. The summed E-state index contributed by atoms with van der Waals surface area (Å²) in [4.78, 5) is 11.9. The van der Waals surface area contributed by atoms with Gasteiger partial charge in [-0.15, -0.1) is 0 Å². The van der Waals surface area contributed by atoms with Crippen LogP contribution in [-0.2, 0) is 26.1 Å². The number of hydrogen-bond acceptors (Lipinski definition) is 4. The van der Waals surface area contributed by atoms with Gasteiger partial charge in [0.15, 0.2) is 5.82 Å². The minimum absolute atomic E-state index is 0.722. The molecule has 6 heteroatoms. The molecule has 0 fully saturated rings. The second kappa shape index (κ2) is 8.33. The van der Waals surface area contributed by atoms with Gasteiger partial charge < -0.3 is 9.30 Å². The number of fused-ring (bicyclic) bond motifs is 2. The molecule has 0 radical (unpaired) electrons. The summed E-state index contributed by atoms with van der Waals surface area (Å²) in [6.45, 7) is 5.87. The quantitative estimate of drug-likeness (QED) is 0.427. The van der Waals surface area contributed by atoms with Crippen LogP contribution in [-0.4, -0.2) is 33.1 Å². The Morgan fingerprint density at radius 1 is 1.13 bits per heavy atom. The molecule has 158 valence electrons. The number of benzene rings is 2. The van der Waals surface area contributed by atoms with Gasteiger partial charge in [-0.1, -0.05) is 11.6 Å². The van der Waals surface area contributed by atoms with Crippen LogP contribution in [0.3, 0.4) is 0 Å². The lowest BCUT2D eigenvalue weighted by Gasteiger charge is -2.28. The second-order valence-corrected chi connectivity index (χ2v) is 8.39. The van der Waals surface area contributed by atoms with E-state index in [2.05, 4.69) is 39.7 Å². The first-order chi connectivity index (χ1) is 15.1. The zero-order valence-electron chi connectivity index (χ0n) is 17.8. The molecule has 0 N–H and O–H groups in total. The fraction of sp³-hybridized carbons (Fsp3) is 0.280. The number of rotatable bonds is 5. The van der Waals surface area contributed by atoms with Crippen LogP contribution >= 0.6 is 11.6 Å². The molecule has 0 atom stereocenters. The molecule has 0 aliphatic carbocycles. The molecule has 2 aromatic heterocycles. The smallest absolute Gasteiger partial charge is 0.159 e. The highest BCUT2D eigenvalue weighted by Crippen LogP contribution is 2.29. The van der Waals surface area contributed by atoms with E-state index in [0.29, 0.717) is 0 Å². The van der Waals surface area contributed by atoms with Crippen molar-refractivity contribution in [2.45, 2.75) is 33.0 Å². The Bertz CT molecular complexity index is 1230. The van der Waals surface area contributed by atoms with E-state index in [1.54, 1.807) is 7.11 Å². The van der Waals surface area contributed by atoms with Crippen LogP contribution < -0.4 is 4.74 Å². The van der Waals surface area contributed by atoms with Crippen molar-refractivity contribution >= 4 is 22.5 Å². The Morgan fingerprint density at radius 2 is 1.97 bits per heavy atom. The molecule has 5 rings (SSSR count). The number of aromatic nitrogens is 3. The molecule has 4 aromatic rings. The minimum Gasteiger partial charge on any atom is -0.497 e. The van der Waals surface area contributed by atoms with E-state index in [1.165, 1.54) is 22.0 Å².